The Kier molecular flexibility index (Phi) is 6.91. The molecule has 0 atom stereocenters. The van der Waals surface area contributed by atoms with E-state index in [1.807, 2.05) is 13.8 Å². The van der Waals surface area contributed by atoms with Crippen LogP contribution >= 0.6 is 15.9 Å². The van der Waals surface area contributed by atoms with Crippen molar-refractivity contribution in [3.05, 3.63) is 85.7 Å². The van der Waals surface area contributed by atoms with Crippen molar-refractivity contribution in [3.63, 3.8) is 0 Å². The number of aromatic hydroxyl groups is 1. The van der Waals surface area contributed by atoms with Gasteiger partial charge < -0.3 is 23.8 Å². The number of anilines is 1. The summed E-state index contributed by atoms with van der Waals surface area (Å²) in [6, 6.07) is 12.2. The number of hydrogen-bond acceptors (Lipinski definition) is 8. The van der Waals surface area contributed by atoms with Crippen molar-refractivity contribution in [2.45, 2.75) is 51.0 Å². The van der Waals surface area contributed by atoms with Gasteiger partial charge in [-0.1, -0.05) is 17.7 Å². The van der Waals surface area contributed by atoms with Crippen LogP contribution in [-0.4, -0.2) is 25.0 Å². The number of phenols is 1. The van der Waals surface area contributed by atoms with Gasteiger partial charge in [-0.05, 0) is 98.4 Å². The van der Waals surface area contributed by atoms with Crippen molar-refractivity contribution in [2.75, 3.05) is 5.32 Å². The molecule has 2 heterocycles. The molecule has 208 valence electrons. The zero-order valence-corrected chi connectivity index (χ0v) is 24.5. The maximum atomic E-state index is 13.3. The summed E-state index contributed by atoms with van der Waals surface area (Å²) in [5, 5.41) is 12.9. The lowest BCUT2D eigenvalue weighted by Crippen LogP contribution is -2.32. The maximum Gasteiger partial charge on any atom is 0.364 e. The standard InChI is InChI=1S/C29H26BrNO8S/c1-15-5-8-19(9-6-15)40(35,36)39-26-20-14-21(30)24(32)16(2)25(20)37-28(34)23(26)31-27(33)18-7-10-22-17(13-18)11-12-29(3,4)38-22/h5-10,13-14,32H,11-12H2,1-4H3,(H,31,33). The lowest BCUT2D eigenvalue weighted by atomic mass is 9.93. The lowest BCUT2D eigenvalue weighted by Gasteiger charge is -2.32. The molecule has 0 spiro atoms. The highest BCUT2D eigenvalue weighted by Gasteiger charge is 2.29. The normalized spacial score (nSPS) is 14.3. The minimum atomic E-state index is -4.45. The Balaban J connectivity index is 1.62. The summed E-state index contributed by atoms with van der Waals surface area (Å²) >= 11 is 3.23. The molecule has 2 N–H and O–H groups in total. The number of amides is 1. The van der Waals surface area contributed by atoms with Gasteiger partial charge in [0.25, 0.3) is 5.91 Å². The number of hydrogen-bond donors (Lipinski definition) is 2. The summed E-state index contributed by atoms with van der Waals surface area (Å²) in [5.74, 6) is -0.635. The minimum Gasteiger partial charge on any atom is -0.506 e. The van der Waals surface area contributed by atoms with Crippen LogP contribution in [-0.2, 0) is 16.5 Å². The van der Waals surface area contributed by atoms with Gasteiger partial charge in [0.15, 0.2) is 11.4 Å². The zero-order valence-electron chi connectivity index (χ0n) is 22.1. The molecule has 0 saturated carbocycles. The fraction of sp³-hybridized carbons (Fsp3) is 0.241. The monoisotopic (exact) mass is 627 g/mol. The Labute approximate surface area is 239 Å². The van der Waals surface area contributed by atoms with Crippen molar-refractivity contribution in [1.82, 2.24) is 0 Å². The number of nitrogens with one attached hydrogen (secondary N) is 1. The highest BCUT2D eigenvalue weighted by atomic mass is 79.9. The maximum absolute atomic E-state index is 13.3. The van der Waals surface area contributed by atoms with Crippen LogP contribution in [0.1, 0.15) is 47.3 Å². The van der Waals surface area contributed by atoms with E-state index in [4.69, 9.17) is 13.3 Å². The largest absolute Gasteiger partial charge is 0.506 e. The van der Waals surface area contributed by atoms with Gasteiger partial charge in [-0.15, -0.1) is 0 Å². The molecule has 1 amide bonds. The van der Waals surface area contributed by atoms with E-state index in [0.717, 1.165) is 17.5 Å². The van der Waals surface area contributed by atoms with Crippen LogP contribution in [0.2, 0.25) is 0 Å². The predicted molar refractivity (Wildman–Crippen MR) is 153 cm³/mol. The molecule has 0 bridgehead atoms. The Hall–Kier alpha value is -3.83. The van der Waals surface area contributed by atoms with Gasteiger partial charge in [-0.2, -0.15) is 8.42 Å². The van der Waals surface area contributed by atoms with E-state index < -0.39 is 33.1 Å². The average Bonchev–Trinajstić information content (AvgIpc) is 2.89. The van der Waals surface area contributed by atoms with E-state index in [-0.39, 0.29) is 42.8 Å². The molecule has 5 rings (SSSR count). The number of halogens is 1. The zero-order chi connectivity index (χ0) is 29.0. The van der Waals surface area contributed by atoms with E-state index in [1.54, 1.807) is 37.3 Å². The number of carbonyl (C=O) groups excluding carboxylic acids is 1. The molecule has 0 saturated heterocycles. The Morgan fingerprint density at radius 2 is 1.80 bits per heavy atom. The van der Waals surface area contributed by atoms with E-state index in [9.17, 15) is 23.1 Å². The molecule has 1 aromatic heterocycles. The molecule has 11 heteroatoms. The Morgan fingerprint density at radius 1 is 1.10 bits per heavy atom. The average molecular weight is 628 g/mol. The molecule has 0 aliphatic carbocycles. The molecule has 0 unspecified atom stereocenters. The number of rotatable bonds is 5. The first-order chi connectivity index (χ1) is 18.8. The Morgan fingerprint density at radius 3 is 2.50 bits per heavy atom. The van der Waals surface area contributed by atoms with Gasteiger partial charge in [0.2, 0.25) is 0 Å². The van der Waals surface area contributed by atoms with Crippen LogP contribution in [0.25, 0.3) is 11.0 Å². The molecule has 0 fully saturated rings. The first-order valence-corrected chi connectivity index (χ1v) is 14.6. The second kappa shape index (κ2) is 9.97. The molecule has 3 aromatic carbocycles. The summed E-state index contributed by atoms with van der Waals surface area (Å²) in [7, 11) is -4.45. The van der Waals surface area contributed by atoms with E-state index in [2.05, 4.69) is 21.2 Å². The molecule has 1 aliphatic heterocycles. The van der Waals surface area contributed by atoms with Gasteiger partial charge in [-0.3, -0.25) is 4.79 Å². The summed E-state index contributed by atoms with van der Waals surface area (Å²) in [6.07, 6.45) is 1.46. The highest BCUT2D eigenvalue weighted by molar-refractivity contribution is 9.10. The predicted octanol–water partition coefficient (Wildman–Crippen LogP) is 6.00. The topological polar surface area (TPSA) is 132 Å². The molecule has 0 radical (unpaired) electrons. The van der Waals surface area contributed by atoms with Crippen molar-refractivity contribution in [3.8, 4) is 17.2 Å². The van der Waals surface area contributed by atoms with Crippen molar-refractivity contribution < 1.29 is 31.7 Å². The summed E-state index contributed by atoms with van der Waals surface area (Å²) in [6.45, 7) is 7.28. The van der Waals surface area contributed by atoms with E-state index in [0.29, 0.717) is 12.2 Å². The van der Waals surface area contributed by atoms with Crippen LogP contribution < -0.4 is 19.9 Å². The van der Waals surface area contributed by atoms with Gasteiger partial charge in [0.05, 0.1) is 9.86 Å². The smallest absolute Gasteiger partial charge is 0.364 e. The minimum absolute atomic E-state index is 0.0498. The summed E-state index contributed by atoms with van der Waals surface area (Å²) in [4.78, 5) is 26.4. The third-order valence-corrected chi connectivity index (χ3v) is 8.59. The number of aryl methyl sites for hydroxylation is 3. The second-order valence-electron chi connectivity index (χ2n) is 10.3. The third-order valence-electron chi connectivity index (χ3n) is 6.75. The van der Waals surface area contributed by atoms with Crippen LogP contribution in [0.5, 0.6) is 17.2 Å². The summed E-state index contributed by atoms with van der Waals surface area (Å²) < 4.78 is 43.7. The fourth-order valence-corrected chi connectivity index (χ4v) is 5.95. The van der Waals surface area contributed by atoms with Crippen LogP contribution in [0, 0.1) is 13.8 Å². The molecule has 4 aromatic rings. The van der Waals surface area contributed by atoms with Gasteiger partial charge in [-0.25, -0.2) is 4.79 Å². The number of benzene rings is 3. The quantitative estimate of drug-likeness (QED) is 0.203. The summed E-state index contributed by atoms with van der Waals surface area (Å²) in [5.41, 5.74) is 0.121. The number of phenolic OH excluding ortho intramolecular Hbond substituents is 1. The first-order valence-electron chi connectivity index (χ1n) is 12.4. The second-order valence-corrected chi connectivity index (χ2v) is 12.7. The van der Waals surface area contributed by atoms with E-state index in [1.165, 1.54) is 25.1 Å². The first kappa shape index (κ1) is 27.7. The van der Waals surface area contributed by atoms with Gasteiger partial charge in [0.1, 0.15) is 27.6 Å². The SMILES string of the molecule is Cc1ccc(S(=O)(=O)Oc2c(NC(=O)c3ccc4c(c3)CCC(C)(C)O4)c(=O)oc3c(C)c(O)c(Br)cc23)cc1. The van der Waals surface area contributed by atoms with Crippen molar-refractivity contribution >= 4 is 48.6 Å². The van der Waals surface area contributed by atoms with Crippen LogP contribution in [0.15, 0.2) is 67.1 Å². The number of fused-ring (bicyclic) bond motifs is 2. The molecular formula is C29H26BrNO8S. The molecule has 1 aliphatic rings. The molecule has 9 nitrogen and oxygen atoms in total. The third kappa shape index (κ3) is 5.18. The van der Waals surface area contributed by atoms with Gasteiger partial charge in [0, 0.05) is 11.1 Å². The highest BCUT2D eigenvalue weighted by Crippen LogP contribution is 2.41. The Bertz CT molecular complexity index is 1840. The van der Waals surface area contributed by atoms with E-state index >= 15 is 0 Å². The number of ether oxygens (including phenoxy) is 1. The lowest BCUT2D eigenvalue weighted by molar-refractivity contribution is 0.0846. The van der Waals surface area contributed by atoms with Crippen molar-refractivity contribution in [2.24, 2.45) is 0 Å². The van der Waals surface area contributed by atoms with Crippen LogP contribution in [0.4, 0.5) is 5.69 Å². The molecule has 40 heavy (non-hydrogen) atoms. The van der Waals surface area contributed by atoms with Crippen molar-refractivity contribution in [1.29, 1.82) is 0 Å². The van der Waals surface area contributed by atoms with Gasteiger partial charge >= 0.3 is 15.7 Å². The molecular weight excluding hydrogens is 602 g/mol. The fourth-order valence-electron chi connectivity index (χ4n) is 4.46. The number of carbonyl (C=O) groups is 1. The van der Waals surface area contributed by atoms with Crippen LogP contribution in [0.3, 0.4) is 0 Å².